The van der Waals surface area contributed by atoms with Crippen LogP contribution in [0.4, 0.5) is 0 Å². The summed E-state index contributed by atoms with van der Waals surface area (Å²) in [6, 6.07) is 5.78. The molecule has 1 spiro atoms. The third-order valence-electron chi connectivity index (χ3n) is 4.03. The van der Waals surface area contributed by atoms with Crippen LogP contribution in [0.15, 0.2) is 24.4 Å². The molecule has 2 fully saturated rings. The Morgan fingerprint density at radius 1 is 1.50 bits per heavy atom. The number of pyridine rings is 1. The fraction of sp³-hybridized carbons (Fsp3) is 0.571. The molecule has 1 aliphatic heterocycles. The van der Waals surface area contributed by atoms with Crippen LogP contribution in [0.25, 0.3) is 0 Å². The average molecular weight is 245 g/mol. The summed E-state index contributed by atoms with van der Waals surface area (Å²) in [6.07, 6.45) is 4.25. The van der Waals surface area contributed by atoms with Gasteiger partial charge in [0.1, 0.15) is 0 Å². The van der Waals surface area contributed by atoms with Crippen molar-refractivity contribution < 1.29 is 4.79 Å². The lowest BCUT2D eigenvalue weighted by Gasteiger charge is -2.24. The normalized spacial score (nSPS) is 26.2. The molecule has 1 aliphatic carbocycles. The number of nitrogens with one attached hydrogen (secondary N) is 1. The lowest BCUT2D eigenvalue weighted by Crippen LogP contribution is -2.41. The minimum Gasteiger partial charge on any atom is -0.335 e. The SMILES string of the molecule is CC1NCC2(CC2)CN(Cc2ccccn2)C1=O. The number of carbonyl (C=O) groups is 1. The molecule has 1 aromatic heterocycles. The van der Waals surface area contributed by atoms with E-state index in [1.165, 1.54) is 12.8 Å². The Morgan fingerprint density at radius 2 is 2.33 bits per heavy atom. The minimum absolute atomic E-state index is 0.0753. The van der Waals surface area contributed by atoms with Gasteiger partial charge in [0.15, 0.2) is 0 Å². The highest BCUT2D eigenvalue weighted by atomic mass is 16.2. The van der Waals surface area contributed by atoms with Crippen molar-refractivity contribution >= 4 is 5.91 Å². The maximum Gasteiger partial charge on any atom is 0.239 e. The van der Waals surface area contributed by atoms with Gasteiger partial charge in [-0.25, -0.2) is 0 Å². The van der Waals surface area contributed by atoms with Crippen LogP contribution < -0.4 is 5.32 Å². The molecule has 0 bridgehead atoms. The van der Waals surface area contributed by atoms with Gasteiger partial charge < -0.3 is 10.2 Å². The van der Waals surface area contributed by atoms with Gasteiger partial charge in [-0.2, -0.15) is 0 Å². The third kappa shape index (κ3) is 2.25. The first kappa shape index (κ1) is 11.7. The summed E-state index contributed by atoms with van der Waals surface area (Å²) in [5.41, 5.74) is 1.31. The molecule has 1 saturated heterocycles. The summed E-state index contributed by atoms with van der Waals surface area (Å²) in [5, 5.41) is 3.35. The van der Waals surface area contributed by atoms with E-state index >= 15 is 0 Å². The molecular formula is C14H19N3O. The Kier molecular flexibility index (Phi) is 2.82. The molecule has 1 atom stereocenters. The molecule has 1 amide bonds. The van der Waals surface area contributed by atoms with Crippen molar-refractivity contribution in [2.75, 3.05) is 13.1 Å². The maximum atomic E-state index is 12.3. The van der Waals surface area contributed by atoms with Gasteiger partial charge in [-0.15, -0.1) is 0 Å². The van der Waals surface area contributed by atoms with E-state index in [1.807, 2.05) is 30.0 Å². The molecule has 3 rings (SSSR count). The van der Waals surface area contributed by atoms with E-state index < -0.39 is 0 Å². The first-order valence-corrected chi connectivity index (χ1v) is 6.61. The van der Waals surface area contributed by atoms with Gasteiger partial charge in [0.2, 0.25) is 5.91 Å². The zero-order chi connectivity index (χ0) is 12.6. The second-order valence-electron chi connectivity index (χ2n) is 5.62. The van der Waals surface area contributed by atoms with E-state index in [-0.39, 0.29) is 11.9 Å². The molecule has 4 heteroatoms. The van der Waals surface area contributed by atoms with Crippen molar-refractivity contribution in [3.05, 3.63) is 30.1 Å². The van der Waals surface area contributed by atoms with Crippen LogP contribution in [0.2, 0.25) is 0 Å². The van der Waals surface area contributed by atoms with Crippen LogP contribution >= 0.6 is 0 Å². The van der Waals surface area contributed by atoms with Gasteiger partial charge in [0, 0.05) is 24.7 Å². The van der Waals surface area contributed by atoms with Gasteiger partial charge in [-0.1, -0.05) is 6.07 Å². The number of hydrogen-bond donors (Lipinski definition) is 1. The second-order valence-corrected chi connectivity index (χ2v) is 5.62. The number of aromatic nitrogens is 1. The third-order valence-corrected chi connectivity index (χ3v) is 4.03. The summed E-state index contributed by atoms with van der Waals surface area (Å²) in [7, 11) is 0. The molecule has 4 nitrogen and oxygen atoms in total. The summed E-state index contributed by atoms with van der Waals surface area (Å²) >= 11 is 0. The van der Waals surface area contributed by atoms with Crippen LogP contribution in [0, 0.1) is 5.41 Å². The minimum atomic E-state index is -0.0753. The van der Waals surface area contributed by atoms with Crippen molar-refractivity contribution in [1.82, 2.24) is 15.2 Å². The molecule has 2 aliphatic rings. The zero-order valence-corrected chi connectivity index (χ0v) is 10.7. The van der Waals surface area contributed by atoms with E-state index in [1.54, 1.807) is 6.20 Å². The van der Waals surface area contributed by atoms with E-state index in [0.29, 0.717) is 12.0 Å². The number of hydrogen-bond acceptors (Lipinski definition) is 3. The van der Waals surface area contributed by atoms with Crippen LogP contribution in [0.3, 0.4) is 0 Å². The van der Waals surface area contributed by atoms with E-state index in [4.69, 9.17) is 0 Å². The fourth-order valence-electron chi connectivity index (χ4n) is 2.60. The molecule has 1 unspecified atom stereocenters. The standard InChI is InChI=1S/C14H19N3O/c1-11-13(18)17(8-12-4-2-3-7-15-12)10-14(5-6-14)9-16-11/h2-4,7,11,16H,5-6,8-10H2,1H3. The van der Waals surface area contributed by atoms with E-state index in [0.717, 1.165) is 18.8 Å². The van der Waals surface area contributed by atoms with Crippen LogP contribution in [0.5, 0.6) is 0 Å². The Labute approximate surface area is 107 Å². The van der Waals surface area contributed by atoms with Gasteiger partial charge in [0.25, 0.3) is 0 Å². The summed E-state index contributed by atoms with van der Waals surface area (Å²) < 4.78 is 0. The number of nitrogens with zero attached hydrogens (tertiary/aromatic N) is 2. The molecular weight excluding hydrogens is 226 g/mol. The van der Waals surface area contributed by atoms with Crippen molar-refractivity contribution in [3.63, 3.8) is 0 Å². The topological polar surface area (TPSA) is 45.2 Å². The number of rotatable bonds is 2. The maximum absolute atomic E-state index is 12.3. The zero-order valence-electron chi connectivity index (χ0n) is 10.7. The van der Waals surface area contributed by atoms with Crippen molar-refractivity contribution in [1.29, 1.82) is 0 Å². The van der Waals surface area contributed by atoms with E-state index in [9.17, 15) is 4.79 Å². The molecule has 1 N–H and O–H groups in total. The van der Waals surface area contributed by atoms with E-state index in [2.05, 4.69) is 10.3 Å². The predicted molar refractivity (Wildman–Crippen MR) is 68.8 cm³/mol. The Balaban J connectivity index is 1.77. The van der Waals surface area contributed by atoms with Crippen molar-refractivity contribution in [2.24, 2.45) is 5.41 Å². The molecule has 96 valence electrons. The van der Waals surface area contributed by atoms with Gasteiger partial charge in [-0.05, 0) is 31.9 Å². The monoisotopic (exact) mass is 245 g/mol. The summed E-state index contributed by atoms with van der Waals surface area (Å²) in [6.45, 7) is 4.43. The van der Waals surface area contributed by atoms with Crippen molar-refractivity contribution in [3.8, 4) is 0 Å². The highest BCUT2D eigenvalue weighted by molar-refractivity contribution is 5.81. The Bertz CT molecular complexity index is 442. The Morgan fingerprint density at radius 3 is 3.00 bits per heavy atom. The average Bonchev–Trinajstić information content (AvgIpc) is 3.16. The second kappa shape index (κ2) is 4.35. The summed E-state index contributed by atoms with van der Waals surface area (Å²) in [5.74, 6) is 0.199. The molecule has 1 saturated carbocycles. The first-order chi connectivity index (χ1) is 8.69. The lowest BCUT2D eigenvalue weighted by molar-refractivity contribution is -0.133. The van der Waals surface area contributed by atoms with Crippen LogP contribution in [0.1, 0.15) is 25.5 Å². The molecule has 1 aromatic rings. The quantitative estimate of drug-likeness (QED) is 0.851. The number of carbonyl (C=O) groups excluding carboxylic acids is 1. The molecule has 0 aromatic carbocycles. The van der Waals surface area contributed by atoms with Gasteiger partial charge >= 0.3 is 0 Å². The Hall–Kier alpha value is -1.42. The summed E-state index contributed by atoms with van der Waals surface area (Å²) in [4.78, 5) is 18.6. The molecule has 0 radical (unpaired) electrons. The van der Waals surface area contributed by atoms with Gasteiger partial charge in [0.05, 0.1) is 18.3 Å². The largest absolute Gasteiger partial charge is 0.335 e. The smallest absolute Gasteiger partial charge is 0.239 e. The van der Waals surface area contributed by atoms with Crippen LogP contribution in [-0.2, 0) is 11.3 Å². The molecule has 18 heavy (non-hydrogen) atoms. The lowest BCUT2D eigenvalue weighted by atomic mass is 10.1. The van der Waals surface area contributed by atoms with Gasteiger partial charge in [-0.3, -0.25) is 9.78 Å². The highest BCUT2D eigenvalue weighted by Gasteiger charge is 2.47. The highest BCUT2D eigenvalue weighted by Crippen LogP contribution is 2.46. The molecule has 2 heterocycles. The fourth-order valence-corrected chi connectivity index (χ4v) is 2.60. The predicted octanol–water partition coefficient (Wildman–Crippen LogP) is 1.18. The van der Waals surface area contributed by atoms with Crippen molar-refractivity contribution in [2.45, 2.75) is 32.4 Å². The number of amides is 1. The van der Waals surface area contributed by atoms with Crippen LogP contribution in [-0.4, -0.2) is 34.9 Å². The first-order valence-electron chi connectivity index (χ1n) is 6.61.